The molecule has 2 heterocycles. The van der Waals surface area contributed by atoms with E-state index in [2.05, 4.69) is 28.5 Å². The summed E-state index contributed by atoms with van der Waals surface area (Å²) in [6.45, 7) is 2.20. The van der Waals surface area contributed by atoms with Crippen LogP contribution in [0.25, 0.3) is 5.69 Å². The zero-order valence-corrected chi connectivity index (χ0v) is 10.4. The van der Waals surface area contributed by atoms with Gasteiger partial charge in [0.15, 0.2) is 5.82 Å². The molecule has 2 aromatic rings. The van der Waals surface area contributed by atoms with Crippen LogP contribution in [0.3, 0.4) is 0 Å². The first-order valence-electron chi connectivity index (χ1n) is 5.87. The summed E-state index contributed by atoms with van der Waals surface area (Å²) < 4.78 is 1.77. The van der Waals surface area contributed by atoms with Crippen LogP contribution in [0.2, 0.25) is 5.02 Å². The molecule has 88 valence electrons. The molecule has 1 aliphatic rings. The van der Waals surface area contributed by atoms with E-state index >= 15 is 0 Å². The largest absolute Gasteiger partial charge is 0.196 e. The van der Waals surface area contributed by atoms with Gasteiger partial charge < -0.3 is 0 Å². The molecular weight excluding hydrogens is 236 g/mol. The average molecular weight is 249 g/mol. The Kier molecular flexibility index (Phi) is 2.59. The standard InChI is InChI=1S/C12H13ClN4/c1-2-4-8-7-11-14-15-16-17(11)12-9(8)5-3-6-10(12)13/h3,5-6,8H,2,4,7H2,1H3. The second-order valence-corrected chi connectivity index (χ2v) is 4.78. The van der Waals surface area contributed by atoms with Crippen molar-refractivity contribution in [3.63, 3.8) is 0 Å². The molecule has 3 rings (SSSR count). The Labute approximate surface area is 105 Å². The van der Waals surface area contributed by atoms with Crippen LogP contribution < -0.4 is 0 Å². The predicted octanol–water partition coefficient (Wildman–Crippen LogP) is 2.76. The molecule has 17 heavy (non-hydrogen) atoms. The number of rotatable bonds is 2. The Morgan fingerprint density at radius 1 is 1.47 bits per heavy atom. The molecule has 0 amide bonds. The van der Waals surface area contributed by atoms with Gasteiger partial charge >= 0.3 is 0 Å². The molecule has 0 saturated carbocycles. The quantitative estimate of drug-likeness (QED) is 0.821. The molecule has 0 N–H and O–H groups in total. The van der Waals surface area contributed by atoms with Gasteiger partial charge in [0.25, 0.3) is 0 Å². The van der Waals surface area contributed by atoms with Crippen molar-refractivity contribution in [1.29, 1.82) is 0 Å². The maximum absolute atomic E-state index is 6.28. The number of hydrogen-bond donors (Lipinski definition) is 0. The van der Waals surface area contributed by atoms with Crippen molar-refractivity contribution in [2.75, 3.05) is 0 Å². The summed E-state index contributed by atoms with van der Waals surface area (Å²) in [6.07, 6.45) is 3.19. The van der Waals surface area contributed by atoms with Gasteiger partial charge in [-0.2, -0.15) is 4.68 Å². The summed E-state index contributed by atoms with van der Waals surface area (Å²) >= 11 is 6.28. The van der Waals surface area contributed by atoms with Crippen molar-refractivity contribution < 1.29 is 0 Å². The molecule has 0 bridgehead atoms. The summed E-state index contributed by atoms with van der Waals surface area (Å²) in [5.41, 5.74) is 2.22. The minimum absolute atomic E-state index is 0.479. The fourth-order valence-corrected chi connectivity index (χ4v) is 2.79. The highest BCUT2D eigenvalue weighted by Crippen LogP contribution is 2.37. The van der Waals surface area contributed by atoms with E-state index in [-0.39, 0.29) is 0 Å². The van der Waals surface area contributed by atoms with Gasteiger partial charge in [-0.15, -0.1) is 5.10 Å². The van der Waals surface area contributed by atoms with Crippen LogP contribution >= 0.6 is 11.6 Å². The summed E-state index contributed by atoms with van der Waals surface area (Å²) in [4.78, 5) is 0. The van der Waals surface area contributed by atoms with Gasteiger partial charge in [-0.05, 0) is 34.4 Å². The monoisotopic (exact) mass is 248 g/mol. The fraction of sp³-hybridized carbons (Fsp3) is 0.417. The minimum atomic E-state index is 0.479. The number of nitrogens with zero attached hydrogens (tertiary/aromatic N) is 4. The van der Waals surface area contributed by atoms with Gasteiger partial charge in [-0.3, -0.25) is 0 Å². The lowest BCUT2D eigenvalue weighted by Crippen LogP contribution is -2.18. The summed E-state index contributed by atoms with van der Waals surface area (Å²) in [5, 5.41) is 12.6. The van der Waals surface area contributed by atoms with Gasteiger partial charge in [0.1, 0.15) is 0 Å². The van der Waals surface area contributed by atoms with E-state index in [4.69, 9.17) is 11.6 Å². The van der Waals surface area contributed by atoms with E-state index in [9.17, 15) is 0 Å². The Hall–Kier alpha value is -1.42. The van der Waals surface area contributed by atoms with Crippen molar-refractivity contribution in [2.24, 2.45) is 0 Å². The Balaban J connectivity index is 2.20. The smallest absolute Gasteiger partial charge is 0.157 e. The maximum atomic E-state index is 6.28. The second-order valence-electron chi connectivity index (χ2n) is 4.37. The number of aromatic nitrogens is 4. The summed E-state index contributed by atoms with van der Waals surface area (Å²) in [5.74, 6) is 1.39. The molecule has 1 atom stereocenters. The van der Waals surface area contributed by atoms with Crippen molar-refractivity contribution in [2.45, 2.75) is 32.1 Å². The Bertz CT molecular complexity index is 549. The molecule has 4 nitrogen and oxygen atoms in total. The average Bonchev–Trinajstić information content (AvgIpc) is 2.77. The zero-order valence-electron chi connectivity index (χ0n) is 9.60. The van der Waals surface area contributed by atoms with Crippen LogP contribution in [0.15, 0.2) is 18.2 Å². The normalized spacial score (nSPS) is 17.6. The summed E-state index contributed by atoms with van der Waals surface area (Å²) in [7, 11) is 0. The molecule has 0 radical (unpaired) electrons. The molecule has 0 fully saturated rings. The number of benzene rings is 1. The van der Waals surface area contributed by atoms with Gasteiger partial charge in [0.2, 0.25) is 0 Å². The van der Waals surface area contributed by atoms with Crippen LogP contribution in [-0.2, 0) is 6.42 Å². The molecular formula is C12H13ClN4. The maximum Gasteiger partial charge on any atom is 0.157 e. The van der Waals surface area contributed by atoms with E-state index in [1.807, 2.05) is 12.1 Å². The first-order valence-corrected chi connectivity index (χ1v) is 6.25. The topological polar surface area (TPSA) is 43.6 Å². The third-order valence-corrected chi connectivity index (χ3v) is 3.57. The number of tetrazole rings is 1. The van der Waals surface area contributed by atoms with Crippen LogP contribution in [0.1, 0.15) is 37.1 Å². The highest BCUT2D eigenvalue weighted by Gasteiger charge is 2.27. The second kappa shape index (κ2) is 4.11. The van der Waals surface area contributed by atoms with Gasteiger partial charge in [-0.1, -0.05) is 37.1 Å². The molecule has 1 aromatic carbocycles. The van der Waals surface area contributed by atoms with E-state index in [0.29, 0.717) is 5.92 Å². The lowest BCUT2D eigenvalue weighted by molar-refractivity contribution is 0.555. The molecule has 5 heteroatoms. The molecule has 0 aliphatic carbocycles. The van der Waals surface area contributed by atoms with Gasteiger partial charge in [0.05, 0.1) is 10.7 Å². The van der Waals surface area contributed by atoms with Crippen molar-refractivity contribution >= 4 is 11.6 Å². The van der Waals surface area contributed by atoms with Crippen molar-refractivity contribution in [1.82, 2.24) is 20.2 Å². The van der Waals surface area contributed by atoms with E-state index in [0.717, 1.165) is 35.8 Å². The van der Waals surface area contributed by atoms with Gasteiger partial charge in [0, 0.05) is 6.42 Å². The highest BCUT2D eigenvalue weighted by atomic mass is 35.5. The number of hydrogen-bond acceptors (Lipinski definition) is 3. The van der Waals surface area contributed by atoms with Crippen molar-refractivity contribution in [3.05, 3.63) is 34.6 Å². The molecule has 0 saturated heterocycles. The first kappa shape index (κ1) is 10.7. The first-order chi connectivity index (χ1) is 8.31. The van der Waals surface area contributed by atoms with Crippen LogP contribution in [0.5, 0.6) is 0 Å². The third kappa shape index (κ3) is 1.63. The zero-order chi connectivity index (χ0) is 11.8. The van der Waals surface area contributed by atoms with E-state index < -0.39 is 0 Å². The molecule has 1 aromatic heterocycles. The lowest BCUT2D eigenvalue weighted by Gasteiger charge is -2.25. The Morgan fingerprint density at radius 3 is 3.18 bits per heavy atom. The van der Waals surface area contributed by atoms with Crippen molar-refractivity contribution in [3.8, 4) is 5.69 Å². The molecule has 0 spiro atoms. The van der Waals surface area contributed by atoms with E-state index in [1.54, 1.807) is 4.68 Å². The predicted molar refractivity (Wildman–Crippen MR) is 65.5 cm³/mol. The third-order valence-electron chi connectivity index (χ3n) is 3.27. The van der Waals surface area contributed by atoms with Crippen LogP contribution in [0.4, 0.5) is 0 Å². The molecule has 1 aliphatic heterocycles. The van der Waals surface area contributed by atoms with Gasteiger partial charge in [-0.25, -0.2) is 0 Å². The fourth-order valence-electron chi connectivity index (χ4n) is 2.53. The lowest BCUT2D eigenvalue weighted by atomic mass is 9.87. The number of fused-ring (bicyclic) bond motifs is 3. The minimum Gasteiger partial charge on any atom is -0.196 e. The number of para-hydroxylation sites is 1. The molecule has 1 unspecified atom stereocenters. The Morgan fingerprint density at radius 2 is 2.35 bits per heavy atom. The van der Waals surface area contributed by atoms with Crippen LogP contribution in [0, 0.1) is 0 Å². The van der Waals surface area contributed by atoms with Crippen LogP contribution in [-0.4, -0.2) is 20.2 Å². The number of halogens is 1. The summed E-state index contributed by atoms with van der Waals surface area (Å²) in [6, 6.07) is 6.02. The SMILES string of the molecule is CCCC1Cc2nnnn2-c2c(Cl)cccc21. The highest BCUT2D eigenvalue weighted by molar-refractivity contribution is 6.32. The van der Waals surface area contributed by atoms with E-state index in [1.165, 1.54) is 5.56 Å².